The van der Waals surface area contributed by atoms with Gasteiger partial charge in [-0.15, -0.1) is 0 Å². The Balaban J connectivity index is 2.01. The first-order valence-electron chi connectivity index (χ1n) is 6.04. The van der Waals surface area contributed by atoms with Crippen LogP contribution in [0.25, 0.3) is 0 Å². The summed E-state index contributed by atoms with van der Waals surface area (Å²) >= 11 is 0. The van der Waals surface area contributed by atoms with E-state index in [1.54, 1.807) is 0 Å². The third-order valence-corrected chi connectivity index (χ3v) is 5.15. The van der Waals surface area contributed by atoms with Crippen LogP contribution >= 0.6 is 0 Å². The maximum atomic E-state index is 12.5. The van der Waals surface area contributed by atoms with Gasteiger partial charge in [-0.05, 0) is 25.0 Å². The van der Waals surface area contributed by atoms with Gasteiger partial charge in [-0.2, -0.15) is 13.5 Å². The molecule has 19 heavy (non-hydrogen) atoms. The quantitative estimate of drug-likeness (QED) is 0.860. The van der Waals surface area contributed by atoms with E-state index in [2.05, 4.69) is 10.2 Å². The Morgan fingerprint density at radius 3 is 2.95 bits per heavy atom. The molecule has 1 N–H and O–H groups in total. The zero-order valence-electron chi connectivity index (χ0n) is 10.1. The lowest BCUT2D eigenvalue weighted by atomic mass is 9.97. The summed E-state index contributed by atoms with van der Waals surface area (Å²) in [6.07, 6.45) is 7.45. The van der Waals surface area contributed by atoms with Crippen molar-refractivity contribution in [3.8, 4) is 0 Å². The van der Waals surface area contributed by atoms with Crippen molar-refractivity contribution in [3.05, 3.63) is 46.4 Å². The van der Waals surface area contributed by atoms with Gasteiger partial charge in [0.2, 0.25) is 0 Å². The van der Waals surface area contributed by atoms with Crippen molar-refractivity contribution in [1.29, 1.82) is 0 Å². The van der Waals surface area contributed by atoms with Crippen LogP contribution in [-0.4, -0.2) is 29.5 Å². The Labute approximate surface area is 110 Å². The van der Waals surface area contributed by atoms with Crippen LogP contribution in [0.1, 0.15) is 12.8 Å². The molecule has 1 aromatic heterocycles. The SMILES string of the molecule is O=c1ccc(S(=O)(=O)N2CCC3CC=CC=C32)n[nH]1. The fraction of sp³-hybridized carbons (Fsp3) is 0.333. The number of H-pyrrole nitrogens is 1. The van der Waals surface area contributed by atoms with Crippen LogP contribution in [0.15, 0.2) is 45.9 Å². The minimum absolute atomic E-state index is 0.122. The average molecular weight is 279 g/mol. The van der Waals surface area contributed by atoms with Gasteiger partial charge in [0.15, 0.2) is 5.03 Å². The molecule has 0 spiro atoms. The highest BCUT2D eigenvalue weighted by Gasteiger charge is 2.37. The zero-order valence-corrected chi connectivity index (χ0v) is 10.9. The summed E-state index contributed by atoms with van der Waals surface area (Å²) < 4.78 is 26.3. The molecule has 1 fully saturated rings. The summed E-state index contributed by atoms with van der Waals surface area (Å²) in [7, 11) is -3.68. The van der Waals surface area contributed by atoms with Crippen molar-refractivity contribution >= 4 is 10.0 Å². The molecule has 1 aliphatic heterocycles. The topological polar surface area (TPSA) is 83.1 Å². The molecule has 3 rings (SSSR count). The minimum Gasteiger partial charge on any atom is -0.269 e. The van der Waals surface area contributed by atoms with E-state index in [4.69, 9.17) is 0 Å². The number of rotatable bonds is 2. The first kappa shape index (κ1) is 12.2. The van der Waals surface area contributed by atoms with Gasteiger partial charge in [0.05, 0.1) is 0 Å². The van der Waals surface area contributed by atoms with Crippen LogP contribution in [0.5, 0.6) is 0 Å². The van der Waals surface area contributed by atoms with Gasteiger partial charge in [0.1, 0.15) is 0 Å². The lowest BCUT2D eigenvalue weighted by Gasteiger charge is -2.22. The number of aromatic amines is 1. The highest BCUT2D eigenvalue weighted by Crippen LogP contribution is 2.36. The fourth-order valence-corrected chi connectivity index (χ4v) is 3.93. The molecule has 0 radical (unpaired) electrons. The summed E-state index contributed by atoms with van der Waals surface area (Å²) in [4.78, 5) is 11.0. The molecule has 0 saturated carbocycles. The van der Waals surface area contributed by atoms with Gasteiger partial charge < -0.3 is 0 Å². The fourth-order valence-electron chi connectivity index (χ4n) is 2.47. The molecule has 0 aromatic carbocycles. The third-order valence-electron chi connectivity index (χ3n) is 3.42. The highest BCUT2D eigenvalue weighted by molar-refractivity contribution is 7.89. The Morgan fingerprint density at radius 1 is 1.37 bits per heavy atom. The molecule has 7 heteroatoms. The Hall–Kier alpha value is -1.89. The number of nitrogens with zero attached hydrogens (tertiary/aromatic N) is 2. The van der Waals surface area contributed by atoms with Crippen molar-refractivity contribution in [3.63, 3.8) is 0 Å². The molecule has 1 unspecified atom stereocenters. The lowest BCUT2D eigenvalue weighted by molar-refractivity contribution is 0.502. The van der Waals surface area contributed by atoms with E-state index in [0.29, 0.717) is 6.54 Å². The molecule has 1 aromatic rings. The molecular weight excluding hydrogens is 266 g/mol. The van der Waals surface area contributed by atoms with Crippen LogP contribution < -0.4 is 5.56 Å². The van der Waals surface area contributed by atoms with E-state index >= 15 is 0 Å². The Morgan fingerprint density at radius 2 is 2.21 bits per heavy atom. The molecule has 6 nitrogen and oxygen atoms in total. The van der Waals surface area contributed by atoms with Crippen molar-refractivity contribution < 1.29 is 8.42 Å². The van der Waals surface area contributed by atoms with Gasteiger partial charge in [-0.25, -0.2) is 5.10 Å². The largest absolute Gasteiger partial charge is 0.283 e. The summed E-state index contributed by atoms with van der Waals surface area (Å²) in [5.41, 5.74) is 0.397. The number of sulfonamides is 1. The van der Waals surface area contributed by atoms with Crippen LogP contribution in [0.4, 0.5) is 0 Å². The van der Waals surface area contributed by atoms with Crippen molar-refractivity contribution in [2.45, 2.75) is 17.9 Å². The molecule has 1 atom stereocenters. The predicted octanol–water partition coefficient (Wildman–Crippen LogP) is 0.624. The second-order valence-corrected chi connectivity index (χ2v) is 6.39. The first-order chi connectivity index (χ1) is 9.09. The maximum Gasteiger partial charge on any atom is 0.283 e. The second kappa shape index (κ2) is 4.34. The van der Waals surface area contributed by atoms with E-state index in [-0.39, 0.29) is 10.9 Å². The van der Waals surface area contributed by atoms with Crippen molar-refractivity contribution in [2.75, 3.05) is 6.54 Å². The lowest BCUT2D eigenvalue weighted by Crippen LogP contribution is -2.29. The van der Waals surface area contributed by atoms with Crippen molar-refractivity contribution in [1.82, 2.24) is 14.5 Å². The number of allylic oxidation sites excluding steroid dienone is 4. The van der Waals surface area contributed by atoms with Crippen LogP contribution in [0.2, 0.25) is 0 Å². The smallest absolute Gasteiger partial charge is 0.269 e. The zero-order chi connectivity index (χ0) is 13.5. The molecule has 2 aliphatic rings. The van der Waals surface area contributed by atoms with Gasteiger partial charge in [0, 0.05) is 24.2 Å². The monoisotopic (exact) mass is 279 g/mol. The van der Waals surface area contributed by atoms with E-state index in [1.165, 1.54) is 16.4 Å². The average Bonchev–Trinajstić information content (AvgIpc) is 2.83. The number of fused-ring (bicyclic) bond motifs is 1. The predicted molar refractivity (Wildman–Crippen MR) is 68.7 cm³/mol. The highest BCUT2D eigenvalue weighted by atomic mass is 32.2. The summed E-state index contributed by atoms with van der Waals surface area (Å²) in [5.74, 6) is 0.266. The Kier molecular flexibility index (Phi) is 2.78. The van der Waals surface area contributed by atoms with E-state index < -0.39 is 15.6 Å². The summed E-state index contributed by atoms with van der Waals surface area (Å²) in [6, 6.07) is 2.41. The standard InChI is InChI=1S/C12H13N3O3S/c16-11-5-6-12(14-13-11)19(17,18)15-8-7-9-3-1-2-4-10(9)15/h1-2,4-6,9H,3,7-8H2,(H,13,16). The number of hydrogen-bond acceptors (Lipinski definition) is 4. The normalized spacial score (nSPS) is 22.2. The summed E-state index contributed by atoms with van der Waals surface area (Å²) in [5, 5.41) is 5.65. The molecule has 0 amide bonds. The molecular formula is C12H13N3O3S. The summed E-state index contributed by atoms with van der Waals surface area (Å²) in [6.45, 7) is 0.460. The van der Waals surface area contributed by atoms with Gasteiger partial charge in [-0.1, -0.05) is 12.2 Å². The number of hydrogen-bond donors (Lipinski definition) is 1. The van der Waals surface area contributed by atoms with E-state index in [0.717, 1.165) is 18.5 Å². The number of nitrogens with one attached hydrogen (secondary N) is 1. The van der Waals surface area contributed by atoms with Crippen LogP contribution in [0, 0.1) is 5.92 Å². The van der Waals surface area contributed by atoms with Gasteiger partial charge >= 0.3 is 0 Å². The maximum absolute atomic E-state index is 12.5. The van der Waals surface area contributed by atoms with Crippen molar-refractivity contribution in [2.24, 2.45) is 5.92 Å². The third kappa shape index (κ3) is 1.99. The number of aromatic nitrogens is 2. The molecule has 1 aliphatic carbocycles. The molecule has 0 bridgehead atoms. The second-order valence-electron chi connectivity index (χ2n) is 4.58. The minimum atomic E-state index is -3.68. The van der Waals surface area contributed by atoms with Gasteiger partial charge in [0.25, 0.3) is 15.6 Å². The molecule has 100 valence electrons. The molecule has 1 saturated heterocycles. The van der Waals surface area contributed by atoms with E-state index in [9.17, 15) is 13.2 Å². The first-order valence-corrected chi connectivity index (χ1v) is 7.48. The Bertz CT molecular complexity index is 697. The van der Waals surface area contributed by atoms with E-state index in [1.807, 2.05) is 18.2 Å². The molecule has 2 heterocycles. The van der Waals surface area contributed by atoms with Crippen LogP contribution in [-0.2, 0) is 10.0 Å². The van der Waals surface area contributed by atoms with Crippen LogP contribution in [0.3, 0.4) is 0 Å². The van der Waals surface area contributed by atoms with Gasteiger partial charge in [-0.3, -0.25) is 9.10 Å².